The van der Waals surface area contributed by atoms with Crippen LogP contribution in [0.2, 0.25) is 0 Å². The van der Waals surface area contributed by atoms with E-state index in [4.69, 9.17) is 4.74 Å². The Balaban J connectivity index is 1.69. The maximum absolute atomic E-state index is 11.4. The van der Waals surface area contributed by atoms with Crippen molar-refractivity contribution in [3.8, 4) is 5.75 Å². The highest BCUT2D eigenvalue weighted by Gasteiger charge is 2.27. The van der Waals surface area contributed by atoms with E-state index in [0.717, 1.165) is 31.9 Å². The molecule has 0 saturated heterocycles. The Morgan fingerprint density at radius 3 is 2.38 bits per heavy atom. The summed E-state index contributed by atoms with van der Waals surface area (Å²) >= 11 is 1.60. The van der Waals surface area contributed by atoms with Gasteiger partial charge in [-0.1, -0.05) is 17.4 Å². The van der Waals surface area contributed by atoms with Crippen molar-refractivity contribution < 1.29 is 35.2 Å². The van der Waals surface area contributed by atoms with Gasteiger partial charge in [0.05, 0.1) is 31.7 Å². The zero-order valence-corrected chi connectivity index (χ0v) is 24.7. The monoisotopic (exact) mass is 591 g/mol. The molecule has 39 heavy (non-hydrogen) atoms. The highest BCUT2D eigenvalue weighted by molar-refractivity contribution is 7.85. The highest BCUT2D eigenvalue weighted by atomic mass is 32.2. The van der Waals surface area contributed by atoms with Crippen molar-refractivity contribution >= 4 is 53.6 Å². The molecule has 0 aliphatic carbocycles. The number of thiazole rings is 1. The first-order valence-electron chi connectivity index (χ1n) is 12.5. The van der Waals surface area contributed by atoms with E-state index in [-0.39, 0.29) is 13.0 Å². The van der Waals surface area contributed by atoms with E-state index in [1.165, 1.54) is 5.56 Å². The van der Waals surface area contributed by atoms with Gasteiger partial charge in [-0.25, -0.2) is 16.8 Å². The number of nitrogens with zero attached hydrogens (tertiary/aromatic N) is 2. The summed E-state index contributed by atoms with van der Waals surface area (Å²) in [7, 11) is -8.68. The summed E-state index contributed by atoms with van der Waals surface area (Å²) in [6.45, 7) is 8.43. The zero-order chi connectivity index (χ0) is 28.5. The van der Waals surface area contributed by atoms with Crippen LogP contribution in [0.1, 0.15) is 41.5 Å². The predicted molar refractivity (Wildman–Crippen MR) is 151 cm³/mol. The number of ether oxygens (including phenoxy) is 1. The van der Waals surface area contributed by atoms with E-state index in [2.05, 4.69) is 23.6 Å². The number of allylic oxidation sites excluding steroid dienone is 2. The fourth-order valence-corrected chi connectivity index (χ4v) is 6.67. The molecule has 1 aliphatic rings. The number of hydrogen-bond acceptors (Lipinski definition) is 9. The van der Waals surface area contributed by atoms with Crippen molar-refractivity contribution in [2.45, 2.75) is 47.1 Å². The Kier molecular flexibility index (Phi) is 8.52. The second-order valence-corrected chi connectivity index (χ2v) is 13.9. The highest BCUT2D eigenvalue weighted by Crippen LogP contribution is 2.40. The Bertz CT molecular complexity index is 1690. The normalized spacial score (nSPS) is 15.3. The average molecular weight is 592 g/mol. The Labute approximate surface area is 233 Å². The molecule has 0 radical (unpaired) electrons. The Morgan fingerprint density at radius 1 is 1.00 bits per heavy atom. The smallest absolute Gasteiger partial charge is 0.263 e. The quantitative estimate of drug-likeness (QED) is 0.195. The number of aryl methyl sites for hydroxylation is 4. The topological polar surface area (TPSA) is 131 Å². The van der Waals surface area contributed by atoms with Crippen LogP contribution in [-0.4, -0.2) is 44.0 Å². The van der Waals surface area contributed by atoms with Crippen LogP contribution in [0.25, 0.3) is 16.3 Å². The molecule has 2 heterocycles. The van der Waals surface area contributed by atoms with Crippen LogP contribution in [0.4, 0.5) is 5.69 Å². The minimum absolute atomic E-state index is 0.0362. The van der Waals surface area contributed by atoms with Gasteiger partial charge >= 0.3 is 0 Å². The third-order valence-electron chi connectivity index (χ3n) is 6.53. The minimum atomic E-state index is -4.42. The van der Waals surface area contributed by atoms with Crippen LogP contribution in [0.3, 0.4) is 0 Å². The first kappa shape index (κ1) is 29.2. The van der Waals surface area contributed by atoms with E-state index in [1.54, 1.807) is 16.2 Å². The molecule has 2 aromatic carbocycles. The summed E-state index contributed by atoms with van der Waals surface area (Å²) in [4.78, 5) is 1.70. The molecule has 1 aromatic heterocycles. The second kappa shape index (κ2) is 11.4. The Morgan fingerprint density at radius 2 is 1.69 bits per heavy atom. The van der Waals surface area contributed by atoms with Gasteiger partial charge in [0, 0.05) is 36.9 Å². The van der Waals surface area contributed by atoms with E-state index in [9.17, 15) is 25.9 Å². The lowest BCUT2D eigenvalue weighted by atomic mass is 10.1. The fourth-order valence-electron chi connectivity index (χ4n) is 4.42. The van der Waals surface area contributed by atoms with Crippen molar-refractivity contribution in [1.82, 2.24) is 0 Å². The predicted octanol–water partition coefficient (Wildman–Crippen LogP) is 4.13. The van der Waals surface area contributed by atoms with Gasteiger partial charge in [0.2, 0.25) is 11.4 Å². The van der Waals surface area contributed by atoms with Crippen molar-refractivity contribution in [2.75, 3.05) is 23.0 Å². The molecule has 4 rings (SSSR count). The molecule has 3 aromatic rings. The van der Waals surface area contributed by atoms with Gasteiger partial charge < -0.3 is 18.7 Å². The number of rotatable bonds is 10. The van der Waals surface area contributed by atoms with Gasteiger partial charge in [0.1, 0.15) is 4.70 Å². The van der Waals surface area contributed by atoms with Crippen LogP contribution in [0.5, 0.6) is 5.75 Å². The summed E-state index contributed by atoms with van der Waals surface area (Å²) in [5.41, 5.74) is 5.85. The molecule has 0 spiro atoms. The third kappa shape index (κ3) is 7.46. The molecule has 0 saturated carbocycles. The third-order valence-corrected chi connectivity index (χ3v) is 9.09. The van der Waals surface area contributed by atoms with E-state index in [1.807, 2.05) is 51.1 Å². The lowest BCUT2D eigenvalue weighted by Gasteiger charge is -2.19. The molecule has 0 N–H and O–H groups in total. The van der Waals surface area contributed by atoms with Gasteiger partial charge in [-0.05, 0) is 74.6 Å². The lowest BCUT2D eigenvalue weighted by Crippen LogP contribution is -2.35. The first-order chi connectivity index (χ1) is 18.2. The summed E-state index contributed by atoms with van der Waals surface area (Å²) in [5.74, 6) is 0.0565. The van der Waals surface area contributed by atoms with Crippen LogP contribution in [0, 0.1) is 20.8 Å². The van der Waals surface area contributed by atoms with Crippen LogP contribution < -0.4 is 14.2 Å². The number of hydrogen-bond donors (Lipinski definition) is 0. The number of unbranched alkanes of at least 4 members (excludes halogenated alkanes) is 1. The number of anilines is 1. The van der Waals surface area contributed by atoms with Crippen molar-refractivity contribution in [1.29, 1.82) is 0 Å². The fraction of sp³-hybridized carbons (Fsp3) is 0.370. The number of benzene rings is 2. The molecule has 12 heteroatoms. The van der Waals surface area contributed by atoms with Crippen molar-refractivity contribution in [2.24, 2.45) is 0 Å². The molecule has 0 fully saturated rings. The zero-order valence-electron chi connectivity index (χ0n) is 22.3. The van der Waals surface area contributed by atoms with Gasteiger partial charge in [-0.15, -0.1) is 0 Å². The molecular weight excluding hydrogens is 561 g/mol. The van der Waals surface area contributed by atoms with Gasteiger partial charge in [-0.3, -0.25) is 0 Å². The molecular formula is C27H31N2O7S3-. The molecule has 0 atom stereocenters. The van der Waals surface area contributed by atoms with E-state index < -0.39 is 31.7 Å². The van der Waals surface area contributed by atoms with Gasteiger partial charge in [0.15, 0.2) is 12.3 Å². The molecule has 1 aliphatic heterocycles. The molecule has 0 bridgehead atoms. The van der Waals surface area contributed by atoms with Gasteiger partial charge in [-0.2, -0.15) is 4.57 Å². The molecule has 0 unspecified atom stereocenters. The van der Waals surface area contributed by atoms with Crippen LogP contribution in [0.15, 0.2) is 47.9 Å². The number of fused-ring (bicyclic) bond motifs is 2. The molecule has 0 amide bonds. The molecule has 9 nitrogen and oxygen atoms in total. The first-order valence-corrected chi connectivity index (χ1v) is 16.4. The summed E-state index contributed by atoms with van der Waals surface area (Å²) in [5, 5.41) is 0.939. The van der Waals surface area contributed by atoms with E-state index >= 15 is 0 Å². The molecule has 210 valence electrons. The SMILES string of the molecule is CC(/C=C1\Oc2ccc(C)cc2N1CCS(=O)(=O)[O-])=C\c1sc2cc(C)c(C)cc2[n+]1CCCCS(=O)(=O)[O-]. The average Bonchev–Trinajstić information content (AvgIpc) is 3.30. The Hall–Kier alpha value is -2.77. The minimum Gasteiger partial charge on any atom is -0.748 e. The largest absolute Gasteiger partial charge is 0.748 e. The van der Waals surface area contributed by atoms with Gasteiger partial charge in [0.25, 0.3) is 5.01 Å². The second-order valence-electron chi connectivity index (χ2n) is 9.82. The standard InChI is InChI=1S/C27H32N2O7S3/c1-18-7-8-24-22(13-18)28(10-12-39(33,34)35)26(36-24)14-19(2)15-27-29(9-5-6-11-38(30,31)32)23-16-20(3)21(4)17-25(23)37-27/h7-8,13-17H,5-6,9-12H2,1-4H3,(H-,30,31,32,33,34,35)/p-1. The summed E-state index contributed by atoms with van der Waals surface area (Å²) < 4.78 is 76.5. The van der Waals surface area contributed by atoms with E-state index in [0.29, 0.717) is 30.3 Å². The maximum Gasteiger partial charge on any atom is 0.263 e. The van der Waals surface area contributed by atoms with Crippen LogP contribution in [-0.2, 0) is 26.8 Å². The number of aromatic nitrogens is 1. The maximum atomic E-state index is 11.4. The summed E-state index contributed by atoms with van der Waals surface area (Å²) in [6.07, 6.45) is 4.60. The van der Waals surface area contributed by atoms with Crippen molar-refractivity contribution in [3.05, 3.63) is 69.6 Å². The van der Waals surface area contributed by atoms with Crippen LogP contribution >= 0.6 is 11.3 Å². The van der Waals surface area contributed by atoms with Crippen molar-refractivity contribution in [3.63, 3.8) is 0 Å². The summed E-state index contributed by atoms with van der Waals surface area (Å²) in [6, 6.07) is 9.84. The lowest BCUT2D eigenvalue weighted by molar-refractivity contribution is -0.669.